The molecule has 3 heteroatoms. The van der Waals surface area contributed by atoms with Crippen molar-refractivity contribution in [1.29, 1.82) is 0 Å². The van der Waals surface area contributed by atoms with E-state index in [0.29, 0.717) is 0 Å². The van der Waals surface area contributed by atoms with Crippen molar-refractivity contribution < 1.29 is 9.47 Å². The monoisotopic (exact) mass is 257 g/mol. The first-order valence-corrected chi connectivity index (χ1v) is 6.23. The van der Waals surface area contributed by atoms with Crippen molar-refractivity contribution in [2.75, 3.05) is 20.0 Å². The van der Waals surface area contributed by atoms with E-state index in [1.807, 2.05) is 42.5 Å². The summed E-state index contributed by atoms with van der Waals surface area (Å²) in [6.45, 7) is 2.15. The Morgan fingerprint density at radius 1 is 0.947 bits per heavy atom. The van der Waals surface area contributed by atoms with Crippen LogP contribution in [0.3, 0.4) is 0 Å². The first-order chi connectivity index (χ1) is 9.15. The van der Waals surface area contributed by atoms with E-state index >= 15 is 0 Å². The van der Waals surface area contributed by atoms with Crippen LogP contribution in [0.5, 0.6) is 11.5 Å². The number of ether oxygens (including phenoxy) is 2. The van der Waals surface area contributed by atoms with Crippen molar-refractivity contribution in [1.82, 2.24) is 0 Å². The molecule has 2 aromatic rings. The summed E-state index contributed by atoms with van der Waals surface area (Å²) in [5, 5.41) is 0. The molecule has 0 saturated heterocycles. The largest absolute Gasteiger partial charge is 0.497 e. The van der Waals surface area contributed by atoms with E-state index in [1.54, 1.807) is 14.2 Å². The average molecular weight is 257 g/mol. The minimum absolute atomic E-state index is 0.237. The Labute approximate surface area is 114 Å². The number of hydrogen-bond acceptors (Lipinski definition) is 3. The van der Waals surface area contributed by atoms with Crippen molar-refractivity contribution >= 4 is 5.69 Å². The van der Waals surface area contributed by atoms with Crippen molar-refractivity contribution in [3.05, 3.63) is 53.6 Å². The zero-order valence-corrected chi connectivity index (χ0v) is 11.5. The molecule has 1 unspecified atom stereocenters. The second kappa shape index (κ2) is 5.65. The number of benzene rings is 2. The van der Waals surface area contributed by atoms with E-state index in [9.17, 15) is 0 Å². The summed E-state index contributed by atoms with van der Waals surface area (Å²) in [6.07, 6.45) is 0. The lowest BCUT2D eigenvalue weighted by Crippen LogP contribution is -2.00. The Bertz CT molecular complexity index is 549. The fourth-order valence-electron chi connectivity index (χ4n) is 2.14. The molecule has 0 bridgehead atoms. The second-order valence-electron chi connectivity index (χ2n) is 4.50. The van der Waals surface area contributed by atoms with Crippen molar-refractivity contribution in [2.24, 2.45) is 0 Å². The lowest BCUT2D eigenvalue weighted by molar-refractivity contribution is 0.390. The van der Waals surface area contributed by atoms with Gasteiger partial charge in [0.2, 0.25) is 0 Å². The first-order valence-electron chi connectivity index (χ1n) is 6.23. The molecule has 0 saturated carbocycles. The van der Waals surface area contributed by atoms with Gasteiger partial charge in [-0.05, 0) is 23.8 Å². The van der Waals surface area contributed by atoms with Crippen molar-refractivity contribution in [3.8, 4) is 11.5 Å². The molecule has 0 aromatic heterocycles. The van der Waals surface area contributed by atoms with E-state index < -0.39 is 0 Å². The van der Waals surface area contributed by atoms with Crippen LogP contribution in [0.1, 0.15) is 24.0 Å². The lowest BCUT2D eigenvalue weighted by atomic mass is 9.92. The van der Waals surface area contributed by atoms with Gasteiger partial charge in [-0.2, -0.15) is 0 Å². The van der Waals surface area contributed by atoms with E-state index in [1.165, 1.54) is 5.56 Å². The van der Waals surface area contributed by atoms with E-state index in [0.717, 1.165) is 22.7 Å². The minimum atomic E-state index is 0.237. The number of methoxy groups -OCH3 is 2. The number of anilines is 1. The van der Waals surface area contributed by atoms with Gasteiger partial charge in [-0.15, -0.1) is 0 Å². The molecule has 2 rings (SSSR count). The molecule has 0 aliphatic rings. The third-order valence-corrected chi connectivity index (χ3v) is 3.34. The molecular formula is C16H19NO2. The highest BCUT2D eigenvalue weighted by atomic mass is 16.5. The molecule has 19 heavy (non-hydrogen) atoms. The predicted molar refractivity (Wildman–Crippen MR) is 77.9 cm³/mol. The zero-order valence-electron chi connectivity index (χ0n) is 11.5. The van der Waals surface area contributed by atoms with Crippen molar-refractivity contribution in [2.45, 2.75) is 12.8 Å². The predicted octanol–water partition coefficient (Wildman–Crippen LogP) is 3.44. The summed E-state index contributed by atoms with van der Waals surface area (Å²) in [4.78, 5) is 0. The number of rotatable bonds is 4. The van der Waals surface area contributed by atoms with Crippen molar-refractivity contribution in [3.63, 3.8) is 0 Å². The van der Waals surface area contributed by atoms with Gasteiger partial charge in [0, 0.05) is 23.2 Å². The van der Waals surface area contributed by atoms with Crippen LogP contribution in [0, 0.1) is 0 Å². The molecular weight excluding hydrogens is 238 g/mol. The maximum absolute atomic E-state index is 5.72. The standard InChI is InChI=1S/C16H19NO2/c1-11(12-4-6-13(17)7-5-12)15-9-8-14(18-2)10-16(15)19-3/h4-11H,17H2,1-3H3. The second-order valence-corrected chi connectivity index (χ2v) is 4.50. The summed E-state index contributed by atoms with van der Waals surface area (Å²) >= 11 is 0. The van der Waals surface area contributed by atoms with E-state index in [2.05, 4.69) is 6.92 Å². The SMILES string of the molecule is COc1ccc(C(C)c2ccc(N)cc2)c(OC)c1. The van der Waals surface area contributed by atoms with Crippen LogP contribution in [0.4, 0.5) is 5.69 Å². The summed E-state index contributed by atoms with van der Waals surface area (Å²) in [5.74, 6) is 1.87. The molecule has 0 radical (unpaired) electrons. The highest BCUT2D eigenvalue weighted by Crippen LogP contribution is 2.34. The van der Waals surface area contributed by atoms with Gasteiger partial charge >= 0.3 is 0 Å². The quantitative estimate of drug-likeness (QED) is 0.853. The van der Waals surface area contributed by atoms with E-state index in [4.69, 9.17) is 15.2 Å². The van der Waals surface area contributed by atoms with Crippen LogP contribution >= 0.6 is 0 Å². The summed E-state index contributed by atoms with van der Waals surface area (Å²) < 4.78 is 10.7. The van der Waals surface area contributed by atoms with Crippen LogP contribution < -0.4 is 15.2 Å². The molecule has 3 nitrogen and oxygen atoms in total. The Balaban J connectivity index is 2.37. The van der Waals surface area contributed by atoms with Gasteiger partial charge < -0.3 is 15.2 Å². The Morgan fingerprint density at radius 2 is 1.63 bits per heavy atom. The molecule has 2 aromatic carbocycles. The smallest absolute Gasteiger partial charge is 0.126 e. The first kappa shape index (κ1) is 13.3. The topological polar surface area (TPSA) is 44.5 Å². The summed E-state index contributed by atoms with van der Waals surface area (Å²) in [6, 6.07) is 13.8. The number of nitrogens with two attached hydrogens (primary N) is 1. The molecule has 1 atom stereocenters. The number of nitrogen functional groups attached to an aromatic ring is 1. The molecule has 100 valence electrons. The van der Waals surface area contributed by atoms with Gasteiger partial charge in [-0.3, -0.25) is 0 Å². The fraction of sp³-hybridized carbons (Fsp3) is 0.250. The molecule has 0 aliphatic heterocycles. The Kier molecular flexibility index (Phi) is 3.95. The van der Waals surface area contributed by atoms with Gasteiger partial charge in [-0.25, -0.2) is 0 Å². The molecule has 0 heterocycles. The normalized spacial score (nSPS) is 11.9. The zero-order chi connectivity index (χ0) is 13.8. The van der Waals surface area contributed by atoms with Crippen LogP contribution in [0.25, 0.3) is 0 Å². The van der Waals surface area contributed by atoms with Crippen LogP contribution in [-0.2, 0) is 0 Å². The molecule has 2 N–H and O–H groups in total. The fourth-order valence-corrected chi connectivity index (χ4v) is 2.14. The minimum Gasteiger partial charge on any atom is -0.497 e. The molecule has 0 spiro atoms. The van der Waals surface area contributed by atoms with Gasteiger partial charge in [0.25, 0.3) is 0 Å². The van der Waals surface area contributed by atoms with Gasteiger partial charge in [0.15, 0.2) is 0 Å². The third-order valence-electron chi connectivity index (χ3n) is 3.34. The molecule has 0 amide bonds. The Hall–Kier alpha value is -2.16. The van der Waals surface area contributed by atoms with Crippen LogP contribution in [0.15, 0.2) is 42.5 Å². The van der Waals surface area contributed by atoms with Crippen LogP contribution in [-0.4, -0.2) is 14.2 Å². The van der Waals surface area contributed by atoms with Gasteiger partial charge in [-0.1, -0.05) is 25.1 Å². The highest BCUT2D eigenvalue weighted by Gasteiger charge is 2.14. The maximum Gasteiger partial charge on any atom is 0.126 e. The molecule has 0 fully saturated rings. The molecule has 0 aliphatic carbocycles. The number of hydrogen-bond donors (Lipinski definition) is 1. The summed E-state index contributed by atoms with van der Waals surface area (Å²) in [5.41, 5.74) is 8.83. The van der Waals surface area contributed by atoms with E-state index in [-0.39, 0.29) is 5.92 Å². The van der Waals surface area contributed by atoms with Gasteiger partial charge in [0.1, 0.15) is 11.5 Å². The highest BCUT2D eigenvalue weighted by molar-refractivity contribution is 5.48. The maximum atomic E-state index is 5.72. The third kappa shape index (κ3) is 2.81. The summed E-state index contributed by atoms with van der Waals surface area (Å²) in [7, 11) is 3.33. The Morgan fingerprint density at radius 3 is 2.21 bits per heavy atom. The van der Waals surface area contributed by atoms with Gasteiger partial charge in [0.05, 0.1) is 14.2 Å². The average Bonchev–Trinajstić information content (AvgIpc) is 2.46. The lowest BCUT2D eigenvalue weighted by Gasteiger charge is -2.17. The van der Waals surface area contributed by atoms with Crippen LogP contribution in [0.2, 0.25) is 0 Å².